The normalized spacial score (nSPS) is 15.2. The first-order valence-electron chi connectivity index (χ1n) is 8.91. The molecule has 1 aromatic carbocycles. The molecule has 2 N–H and O–H groups in total. The van der Waals surface area contributed by atoms with Crippen LogP contribution in [0.15, 0.2) is 48.8 Å². The minimum atomic E-state index is -4.35. The van der Waals surface area contributed by atoms with E-state index in [0.29, 0.717) is 17.2 Å². The van der Waals surface area contributed by atoms with E-state index in [1.165, 1.54) is 12.1 Å². The van der Waals surface area contributed by atoms with Crippen LogP contribution < -0.4 is 5.32 Å². The van der Waals surface area contributed by atoms with Crippen molar-refractivity contribution in [2.75, 3.05) is 13.1 Å². The molecule has 0 aliphatic carbocycles. The van der Waals surface area contributed by atoms with Crippen molar-refractivity contribution >= 4 is 12.4 Å². The van der Waals surface area contributed by atoms with Crippen LogP contribution in [0.5, 0.6) is 0 Å². The summed E-state index contributed by atoms with van der Waals surface area (Å²) in [5.74, 6) is 0.338. The first-order chi connectivity index (χ1) is 13.0. The van der Waals surface area contributed by atoms with E-state index in [0.717, 1.165) is 54.9 Å². The molecule has 1 saturated heterocycles. The SMILES string of the molecule is Cl.FC(F)(F)c1ccc(-c2n[nH]c(C3CCNCC3)c2-c2ccncc2)cc1. The molecule has 0 radical (unpaired) electrons. The van der Waals surface area contributed by atoms with Crippen LogP contribution in [0.3, 0.4) is 0 Å². The molecule has 0 spiro atoms. The Bertz CT molecular complexity index is 901. The van der Waals surface area contributed by atoms with Gasteiger partial charge in [-0.15, -0.1) is 12.4 Å². The summed E-state index contributed by atoms with van der Waals surface area (Å²) in [4.78, 5) is 4.07. The van der Waals surface area contributed by atoms with Crippen molar-refractivity contribution in [2.45, 2.75) is 24.9 Å². The highest BCUT2D eigenvalue weighted by Gasteiger charge is 2.30. The summed E-state index contributed by atoms with van der Waals surface area (Å²) in [5, 5.41) is 11.0. The predicted molar refractivity (Wildman–Crippen MR) is 104 cm³/mol. The van der Waals surface area contributed by atoms with Crippen LogP contribution in [0.25, 0.3) is 22.4 Å². The summed E-state index contributed by atoms with van der Waals surface area (Å²) in [6.45, 7) is 1.88. The van der Waals surface area contributed by atoms with Gasteiger partial charge in [-0.25, -0.2) is 0 Å². The lowest BCUT2D eigenvalue weighted by molar-refractivity contribution is -0.137. The molecule has 1 aliphatic rings. The van der Waals surface area contributed by atoms with E-state index in [1.54, 1.807) is 12.4 Å². The molecule has 148 valence electrons. The zero-order chi connectivity index (χ0) is 18.9. The van der Waals surface area contributed by atoms with E-state index in [4.69, 9.17) is 0 Å². The van der Waals surface area contributed by atoms with Gasteiger partial charge in [0.25, 0.3) is 0 Å². The first-order valence-corrected chi connectivity index (χ1v) is 8.91. The number of pyridine rings is 1. The molecule has 1 aliphatic heterocycles. The van der Waals surface area contributed by atoms with Crippen molar-refractivity contribution in [3.8, 4) is 22.4 Å². The number of halogens is 4. The Kier molecular flexibility index (Phi) is 6.05. The van der Waals surface area contributed by atoms with Crippen molar-refractivity contribution in [2.24, 2.45) is 0 Å². The van der Waals surface area contributed by atoms with Crippen LogP contribution in [-0.2, 0) is 6.18 Å². The third kappa shape index (κ3) is 4.05. The number of H-pyrrole nitrogens is 1. The molecular formula is C20H20ClF3N4. The Morgan fingerprint density at radius 1 is 0.893 bits per heavy atom. The number of benzene rings is 1. The van der Waals surface area contributed by atoms with Crippen molar-refractivity contribution in [1.29, 1.82) is 0 Å². The Hall–Kier alpha value is -2.38. The van der Waals surface area contributed by atoms with E-state index < -0.39 is 11.7 Å². The third-order valence-corrected chi connectivity index (χ3v) is 5.00. The second-order valence-electron chi connectivity index (χ2n) is 6.70. The Balaban J connectivity index is 0.00000225. The highest BCUT2D eigenvalue weighted by Crippen LogP contribution is 2.39. The molecule has 0 bridgehead atoms. The number of hydrogen-bond donors (Lipinski definition) is 2. The smallest absolute Gasteiger partial charge is 0.317 e. The van der Waals surface area contributed by atoms with Gasteiger partial charge in [-0.1, -0.05) is 12.1 Å². The molecule has 0 saturated carbocycles. The van der Waals surface area contributed by atoms with E-state index in [9.17, 15) is 13.2 Å². The molecule has 28 heavy (non-hydrogen) atoms. The predicted octanol–water partition coefficient (Wildman–Crippen LogP) is 5.05. The lowest BCUT2D eigenvalue weighted by Gasteiger charge is -2.22. The molecule has 3 aromatic rings. The highest BCUT2D eigenvalue weighted by atomic mass is 35.5. The molecule has 3 heterocycles. The van der Waals surface area contributed by atoms with Crippen molar-refractivity contribution < 1.29 is 13.2 Å². The number of nitrogens with zero attached hydrogens (tertiary/aromatic N) is 2. The lowest BCUT2D eigenvalue weighted by atomic mass is 9.88. The van der Waals surface area contributed by atoms with Gasteiger partial charge in [-0.2, -0.15) is 18.3 Å². The molecule has 1 fully saturated rings. The quantitative estimate of drug-likeness (QED) is 0.638. The number of alkyl halides is 3. The van der Waals surface area contributed by atoms with Crippen LogP contribution in [0.4, 0.5) is 13.2 Å². The van der Waals surface area contributed by atoms with Crippen LogP contribution in [0, 0.1) is 0 Å². The van der Waals surface area contributed by atoms with Gasteiger partial charge in [0.15, 0.2) is 0 Å². The fraction of sp³-hybridized carbons (Fsp3) is 0.300. The minimum Gasteiger partial charge on any atom is -0.317 e. The second-order valence-corrected chi connectivity index (χ2v) is 6.70. The average Bonchev–Trinajstić information content (AvgIpc) is 3.14. The zero-order valence-corrected chi connectivity index (χ0v) is 15.8. The van der Waals surface area contributed by atoms with Crippen LogP contribution in [0.2, 0.25) is 0 Å². The highest BCUT2D eigenvalue weighted by molar-refractivity contribution is 5.85. The number of aromatic nitrogens is 3. The van der Waals surface area contributed by atoms with Gasteiger partial charge in [-0.3, -0.25) is 10.1 Å². The topological polar surface area (TPSA) is 53.6 Å². The fourth-order valence-corrected chi connectivity index (χ4v) is 3.60. The monoisotopic (exact) mass is 408 g/mol. The van der Waals surface area contributed by atoms with Crippen LogP contribution in [-0.4, -0.2) is 28.3 Å². The van der Waals surface area contributed by atoms with E-state index in [-0.39, 0.29) is 12.4 Å². The Morgan fingerprint density at radius 2 is 1.54 bits per heavy atom. The van der Waals surface area contributed by atoms with Gasteiger partial charge in [0.2, 0.25) is 0 Å². The summed E-state index contributed by atoms with van der Waals surface area (Å²) < 4.78 is 38.6. The number of hydrogen-bond acceptors (Lipinski definition) is 3. The number of aromatic amines is 1. The second kappa shape index (κ2) is 8.32. The summed E-state index contributed by atoms with van der Waals surface area (Å²) in [7, 11) is 0. The van der Waals surface area contributed by atoms with Crippen molar-refractivity contribution in [1.82, 2.24) is 20.5 Å². The van der Waals surface area contributed by atoms with E-state index in [1.807, 2.05) is 12.1 Å². The third-order valence-electron chi connectivity index (χ3n) is 5.00. The van der Waals surface area contributed by atoms with Gasteiger partial charge < -0.3 is 5.32 Å². The molecular weight excluding hydrogens is 389 g/mol. The average molecular weight is 409 g/mol. The first kappa shape index (κ1) is 20.4. The summed E-state index contributed by atoms with van der Waals surface area (Å²) >= 11 is 0. The van der Waals surface area contributed by atoms with Gasteiger partial charge in [0, 0.05) is 35.1 Å². The van der Waals surface area contributed by atoms with Gasteiger partial charge in [0.05, 0.1) is 5.56 Å². The number of rotatable bonds is 3. The summed E-state index contributed by atoms with van der Waals surface area (Å²) in [6.07, 6.45) is 1.06. The molecule has 4 rings (SSSR count). The zero-order valence-electron chi connectivity index (χ0n) is 15.0. The fourth-order valence-electron chi connectivity index (χ4n) is 3.60. The van der Waals surface area contributed by atoms with E-state index in [2.05, 4.69) is 20.5 Å². The molecule has 0 atom stereocenters. The number of piperidine rings is 1. The van der Waals surface area contributed by atoms with Crippen molar-refractivity contribution in [3.05, 3.63) is 60.0 Å². The molecule has 0 unspecified atom stereocenters. The maximum absolute atomic E-state index is 12.9. The van der Waals surface area contributed by atoms with E-state index >= 15 is 0 Å². The maximum atomic E-state index is 12.9. The van der Waals surface area contributed by atoms with Crippen LogP contribution >= 0.6 is 12.4 Å². The lowest BCUT2D eigenvalue weighted by Crippen LogP contribution is -2.27. The van der Waals surface area contributed by atoms with Gasteiger partial charge >= 0.3 is 6.18 Å². The molecule has 4 nitrogen and oxygen atoms in total. The molecule has 8 heteroatoms. The molecule has 0 amide bonds. The Labute approximate surface area is 167 Å². The summed E-state index contributed by atoms with van der Waals surface area (Å²) in [6, 6.07) is 8.98. The van der Waals surface area contributed by atoms with Gasteiger partial charge in [-0.05, 0) is 55.8 Å². The minimum absolute atomic E-state index is 0. The Morgan fingerprint density at radius 3 is 2.14 bits per heavy atom. The largest absolute Gasteiger partial charge is 0.416 e. The standard InChI is InChI=1S/C20H19F3N4.ClH/c21-20(22,23)16-3-1-14(2-4-16)18-17(13-5-9-24-10-6-13)19(27-26-18)15-7-11-25-12-8-15;/h1-6,9-10,15,25H,7-8,11-12H2,(H,26,27);1H. The number of nitrogens with one attached hydrogen (secondary N) is 2. The summed E-state index contributed by atoms with van der Waals surface area (Å²) in [5.41, 5.74) is 3.62. The van der Waals surface area contributed by atoms with Gasteiger partial charge in [0.1, 0.15) is 5.69 Å². The molecule has 2 aromatic heterocycles. The van der Waals surface area contributed by atoms with Crippen LogP contribution in [0.1, 0.15) is 30.0 Å². The maximum Gasteiger partial charge on any atom is 0.416 e. The van der Waals surface area contributed by atoms with Crippen molar-refractivity contribution in [3.63, 3.8) is 0 Å².